The molecule has 0 spiro atoms. The molecule has 3 rings (SSSR count). The molecule has 0 bridgehead atoms. The molecule has 0 aromatic carbocycles. The first-order valence-corrected chi connectivity index (χ1v) is 7.53. The maximum absolute atomic E-state index is 4.50. The molecule has 0 atom stereocenters. The second-order valence-corrected chi connectivity index (χ2v) is 5.38. The third-order valence-electron chi connectivity index (χ3n) is 4.03. The predicted octanol–water partition coefficient (Wildman–Crippen LogP) is 2.23. The molecule has 2 heterocycles. The number of hydrogen-bond donors (Lipinski definition) is 2. The van der Waals surface area contributed by atoms with Crippen molar-refractivity contribution in [2.24, 2.45) is 0 Å². The smallest absolute Gasteiger partial charge is 0.257 e. The molecular formula is C14H21N7. The number of nitrogens with one attached hydrogen (secondary N) is 2. The van der Waals surface area contributed by atoms with E-state index >= 15 is 0 Å². The van der Waals surface area contributed by atoms with E-state index in [0.717, 1.165) is 13.0 Å². The van der Waals surface area contributed by atoms with Gasteiger partial charge in [0.15, 0.2) is 0 Å². The average Bonchev–Trinajstić information content (AvgIpc) is 2.97. The highest BCUT2D eigenvalue weighted by Gasteiger charge is 2.35. The van der Waals surface area contributed by atoms with Gasteiger partial charge in [-0.15, -0.1) is 0 Å². The fraction of sp³-hybridized carbons (Fsp3) is 0.571. The van der Waals surface area contributed by atoms with Crippen molar-refractivity contribution in [3.8, 4) is 5.95 Å². The summed E-state index contributed by atoms with van der Waals surface area (Å²) in [7, 11) is 0. The van der Waals surface area contributed by atoms with Gasteiger partial charge in [0.25, 0.3) is 5.95 Å². The van der Waals surface area contributed by atoms with Crippen LogP contribution in [0.3, 0.4) is 0 Å². The van der Waals surface area contributed by atoms with Gasteiger partial charge in [-0.25, -0.2) is 4.68 Å². The van der Waals surface area contributed by atoms with Crippen molar-refractivity contribution in [2.45, 2.75) is 45.1 Å². The van der Waals surface area contributed by atoms with Crippen LogP contribution in [-0.4, -0.2) is 36.8 Å². The van der Waals surface area contributed by atoms with Gasteiger partial charge >= 0.3 is 0 Å². The molecule has 7 heteroatoms. The molecule has 2 aromatic rings. The van der Waals surface area contributed by atoms with Gasteiger partial charge in [0.1, 0.15) is 0 Å². The fourth-order valence-corrected chi connectivity index (χ4v) is 2.56. The van der Waals surface area contributed by atoms with Crippen LogP contribution in [0.25, 0.3) is 5.95 Å². The Balaban J connectivity index is 1.91. The molecule has 0 amide bonds. The van der Waals surface area contributed by atoms with Gasteiger partial charge in [-0.05, 0) is 38.7 Å². The van der Waals surface area contributed by atoms with E-state index in [-0.39, 0.29) is 5.54 Å². The van der Waals surface area contributed by atoms with E-state index in [1.807, 2.05) is 19.2 Å². The van der Waals surface area contributed by atoms with Gasteiger partial charge in [0, 0.05) is 24.5 Å². The molecule has 7 nitrogen and oxygen atoms in total. The summed E-state index contributed by atoms with van der Waals surface area (Å²) in [5.41, 5.74) is 0.145. The van der Waals surface area contributed by atoms with Crippen LogP contribution in [0.4, 0.5) is 11.9 Å². The van der Waals surface area contributed by atoms with Crippen LogP contribution in [-0.2, 0) is 0 Å². The first-order chi connectivity index (χ1) is 10.2. The minimum Gasteiger partial charge on any atom is -0.354 e. The van der Waals surface area contributed by atoms with Crippen molar-refractivity contribution in [3.05, 3.63) is 18.5 Å². The molecule has 0 aliphatic heterocycles. The molecule has 1 fully saturated rings. The second-order valence-electron chi connectivity index (χ2n) is 5.38. The van der Waals surface area contributed by atoms with Gasteiger partial charge in [0.2, 0.25) is 11.9 Å². The molecule has 0 radical (unpaired) electrons. The Bertz CT molecular complexity index is 584. The minimum absolute atomic E-state index is 0.145. The van der Waals surface area contributed by atoms with Crippen LogP contribution in [0.15, 0.2) is 18.5 Å². The van der Waals surface area contributed by atoms with Crippen molar-refractivity contribution in [3.63, 3.8) is 0 Å². The Morgan fingerprint density at radius 2 is 2.00 bits per heavy atom. The number of nitrogens with zero attached hydrogens (tertiary/aromatic N) is 5. The maximum Gasteiger partial charge on any atom is 0.257 e. The zero-order valence-electron chi connectivity index (χ0n) is 12.5. The second kappa shape index (κ2) is 5.67. The molecular weight excluding hydrogens is 266 g/mol. The number of anilines is 2. The van der Waals surface area contributed by atoms with Crippen molar-refractivity contribution in [1.82, 2.24) is 24.7 Å². The standard InChI is InChI=1S/C14H21N7/c1-3-14(7-5-8-14)20-12-17-11(15-4-2)18-13(19-12)21-10-6-9-16-21/h6,9-10H,3-5,7-8H2,1-2H3,(H2,15,17,18,19,20). The lowest BCUT2D eigenvalue weighted by molar-refractivity contribution is 0.268. The van der Waals surface area contributed by atoms with Crippen LogP contribution in [0.2, 0.25) is 0 Å². The fourth-order valence-electron chi connectivity index (χ4n) is 2.56. The molecule has 2 N–H and O–H groups in total. The third-order valence-corrected chi connectivity index (χ3v) is 4.03. The summed E-state index contributed by atoms with van der Waals surface area (Å²) in [6, 6.07) is 1.85. The molecule has 0 unspecified atom stereocenters. The quantitative estimate of drug-likeness (QED) is 0.848. The Kier molecular flexibility index (Phi) is 3.72. The Morgan fingerprint density at radius 3 is 2.57 bits per heavy atom. The van der Waals surface area contributed by atoms with Crippen LogP contribution >= 0.6 is 0 Å². The highest BCUT2D eigenvalue weighted by molar-refractivity contribution is 5.40. The molecule has 21 heavy (non-hydrogen) atoms. The van der Waals surface area contributed by atoms with E-state index in [1.54, 1.807) is 10.9 Å². The normalized spacial score (nSPS) is 16.3. The number of rotatable bonds is 6. The third kappa shape index (κ3) is 2.81. The molecule has 1 saturated carbocycles. The van der Waals surface area contributed by atoms with Crippen LogP contribution in [0.1, 0.15) is 39.5 Å². The van der Waals surface area contributed by atoms with Gasteiger partial charge in [-0.1, -0.05) is 6.92 Å². The van der Waals surface area contributed by atoms with Crippen molar-refractivity contribution < 1.29 is 0 Å². The molecule has 1 aliphatic rings. The first kappa shape index (κ1) is 13.8. The summed E-state index contributed by atoms with van der Waals surface area (Å²) >= 11 is 0. The van der Waals surface area contributed by atoms with Gasteiger partial charge < -0.3 is 10.6 Å². The average molecular weight is 287 g/mol. The highest BCUT2D eigenvalue weighted by atomic mass is 15.4. The Morgan fingerprint density at radius 1 is 1.19 bits per heavy atom. The Labute approximate surface area is 124 Å². The highest BCUT2D eigenvalue weighted by Crippen LogP contribution is 2.37. The predicted molar refractivity (Wildman–Crippen MR) is 81.6 cm³/mol. The first-order valence-electron chi connectivity index (χ1n) is 7.53. The molecule has 112 valence electrons. The maximum atomic E-state index is 4.50. The molecule has 0 saturated heterocycles. The Hall–Kier alpha value is -2.18. The topological polar surface area (TPSA) is 80.5 Å². The van der Waals surface area contributed by atoms with Crippen molar-refractivity contribution in [1.29, 1.82) is 0 Å². The summed E-state index contributed by atoms with van der Waals surface area (Å²) in [5.74, 6) is 1.72. The van der Waals surface area contributed by atoms with E-state index in [2.05, 4.69) is 37.6 Å². The van der Waals surface area contributed by atoms with Crippen LogP contribution in [0.5, 0.6) is 0 Å². The lowest BCUT2D eigenvalue weighted by Crippen LogP contribution is -2.44. The summed E-state index contributed by atoms with van der Waals surface area (Å²) in [4.78, 5) is 13.4. The number of hydrogen-bond acceptors (Lipinski definition) is 6. The lowest BCUT2D eigenvalue weighted by Gasteiger charge is -2.42. The van der Waals surface area contributed by atoms with E-state index in [9.17, 15) is 0 Å². The van der Waals surface area contributed by atoms with Crippen molar-refractivity contribution in [2.75, 3.05) is 17.2 Å². The van der Waals surface area contributed by atoms with Gasteiger partial charge in [-0.2, -0.15) is 20.1 Å². The minimum atomic E-state index is 0.145. The van der Waals surface area contributed by atoms with Gasteiger partial charge in [-0.3, -0.25) is 0 Å². The summed E-state index contributed by atoms with van der Waals surface area (Å²) < 4.78 is 1.65. The summed E-state index contributed by atoms with van der Waals surface area (Å²) in [6.45, 7) is 4.98. The van der Waals surface area contributed by atoms with E-state index in [0.29, 0.717) is 17.8 Å². The zero-order valence-corrected chi connectivity index (χ0v) is 12.5. The molecule has 2 aromatic heterocycles. The monoisotopic (exact) mass is 287 g/mol. The summed E-state index contributed by atoms with van der Waals surface area (Å²) in [5, 5.41) is 10.8. The van der Waals surface area contributed by atoms with E-state index < -0.39 is 0 Å². The van der Waals surface area contributed by atoms with E-state index in [1.165, 1.54) is 19.3 Å². The van der Waals surface area contributed by atoms with Crippen molar-refractivity contribution >= 4 is 11.9 Å². The largest absolute Gasteiger partial charge is 0.354 e. The van der Waals surface area contributed by atoms with Gasteiger partial charge in [0.05, 0.1) is 0 Å². The number of aromatic nitrogens is 5. The van der Waals surface area contributed by atoms with Crippen LogP contribution in [0, 0.1) is 0 Å². The SMILES string of the molecule is CCNc1nc(NC2(CC)CCC2)nc(-n2cccn2)n1. The van der Waals surface area contributed by atoms with Crippen LogP contribution < -0.4 is 10.6 Å². The molecule has 1 aliphatic carbocycles. The summed E-state index contributed by atoms with van der Waals surface area (Å²) in [6.07, 6.45) is 8.22. The lowest BCUT2D eigenvalue weighted by atomic mass is 9.75. The van der Waals surface area contributed by atoms with E-state index in [4.69, 9.17) is 0 Å². The zero-order chi connectivity index (χ0) is 14.7.